The van der Waals surface area contributed by atoms with Crippen molar-refractivity contribution in [2.24, 2.45) is 0 Å². The highest BCUT2D eigenvalue weighted by Crippen LogP contribution is 2.32. The van der Waals surface area contributed by atoms with Gasteiger partial charge in [-0.1, -0.05) is 42.0 Å². The lowest BCUT2D eigenvalue weighted by Gasteiger charge is -2.17. The summed E-state index contributed by atoms with van der Waals surface area (Å²) in [4.78, 5) is 52.4. The van der Waals surface area contributed by atoms with E-state index in [0.717, 1.165) is 21.6 Å². The minimum absolute atomic E-state index is 0.0984. The van der Waals surface area contributed by atoms with Gasteiger partial charge >= 0.3 is 5.97 Å². The standard InChI is InChI=1S/C27H23NO5/c1-15-6-9-19(10-7-15)24(29)18(4)33-27(32)20-11-12-21-22(14-20)26(31)28(25(21)30)23-13-16(2)5-8-17(23)3/h5-14,18H,1-4H3. The van der Waals surface area contributed by atoms with Crippen LogP contribution in [-0.2, 0) is 4.74 Å². The van der Waals surface area contributed by atoms with Gasteiger partial charge in [-0.2, -0.15) is 0 Å². The van der Waals surface area contributed by atoms with Crippen LogP contribution in [0.15, 0.2) is 60.7 Å². The van der Waals surface area contributed by atoms with Crippen LogP contribution < -0.4 is 4.90 Å². The molecule has 0 aromatic heterocycles. The molecule has 0 aliphatic carbocycles. The number of carbonyl (C=O) groups is 4. The van der Waals surface area contributed by atoms with E-state index in [0.29, 0.717) is 11.3 Å². The predicted molar refractivity (Wildman–Crippen MR) is 124 cm³/mol. The number of imide groups is 1. The van der Waals surface area contributed by atoms with Gasteiger partial charge < -0.3 is 4.74 Å². The number of ether oxygens (including phenoxy) is 1. The first-order valence-corrected chi connectivity index (χ1v) is 10.6. The Morgan fingerprint density at radius 1 is 0.758 bits per heavy atom. The second kappa shape index (κ2) is 8.47. The maximum Gasteiger partial charge on any atom is 0.338 e. The molecule has 0 spiro atoms. The summed E-state index contributed by atoms with van der Waals surface area (Å²) in [5.74, 6) is -2.00. The number of amides is 2. The van der Waals surface area contributed by atoms with Crippen LogP contribution in [0.2, 0.25) is 0 Å². The average Bonchev–Trinajstić information content (AvgIpc) is 3.04. The van der Waals surface area contributed by atoms with E-state index in [1.54, 1.807) is 18.2 Å². The van der Waals surface area contributed by atoms with E-state index < -0.39 is 23.9 Å². The van der Waals surface area contributed by atoms with Gasteiger partial charge in [-0.15, -0.1) is 0 Å². The molecule has 1 aliphatic heterocycles. The minimum Gasteiger partial charge on any atom is -0.451 e. The first kappa shape index (κ1) is 22.1. The fourth-order valence-corrected chi connectivity index (χ4v) is 3.78. The summed E-state index contributed by atoms with van der Waals surface area (Å²) in [7, 11) is 0. The summed E-state index contributed by atoms with van der Waals surface area (Å²) in [6.45, 7) is 7.13. The summed E-state index contributed by atoms with van der Waals surface area (Å²) in [6, 6.07) is 16.8. The zero-order chi connectivity index (χ0) is 23.9. The highest BCUT2D eigenvalue weighted by molar-refractivity contribution is 6.35. The quantitative estimate of drug-likeness (QED) is 0.322. The molecule has 0 saturated carbocycles. The Morgan fingerprint density at radius 3 is 2.06 bits per heavy atom. The molecule has 1 atom stereocenters. The lowest BCUT2D eigenvalue weighted by atomic mass is 10.0. The van der Waals surface area contributed by atoms with Gasteiger partial charge in [0, 0.05) is 5.56 Å². The van der Waals surface area contributed by atoms with Gasteiger partial charge in [-0.25, -0.2) is 9.69 Å². The van der Waals surface area contributed by atoms with Crippen LogP contribution in [0, 0.1) is 20.8 Å². The topological polar surface area (TPSA) is 80.8 Å². The monoisotopic (exact) mass is 441 g/mol. The van der Waals surface area contributed by atoms with Gasteiger partial charge in [0.15, 0.2) is 6.10 Å². The molecular weight excluding hydrogens is 418 g/mol. The van der Waals surface area contributed by atoms with E-state index >= 15 is 0 Å². The molecule has 6 nitrogen and oxygen atoms in total. The molecule has 0 radical (unpaired) electrons. The molecule has 1 unspecified atom stereocenters. The number of ketones is 1. The number of anilines is 1. The van der Waals surface area contributed by atoms with Gasteiger partial charge in [-0.3, -0.25) is 14.4 Å². The third kappa shape index (κ3) is 4.07. The van der Waals surface area contributed by atoms with Crippen LogP contribution in [0.5, 0.6) is 0 Å². The Labute approximate surface area is 191 Å². The van der Waals surface area contributed by atoms with E-state index in [2.05, 4.69) is 0 Å². The Balaban J connectivity index is 1.56. The zero-order valence-corrected chi connectivity index (χ0v) is 18.8. The summed E-state index contributed by atoms with van der Waals surface area (Å²) in [5, 5.41) is 0. The molecule has 6 heteroatoms. The molecule has 33 heavy (non-hydrogen) atoms. The highest BCUT2D eigenvalue weighted by atomic mass is 16.5. The third-order valence-electron chi connectivity index (χ3n) is 5.72. The van der Waals surface area contributed by atoms with Crippen molar-refractivity contribution in [1.82, 2.24) is 0 Å². The second-order valence-electron chi connectivity index (χ2n) is 8.27. The molecule has 0 bridgehead atoms. The molecule has 3 aromatic rings. The molecular formula is C27H23NO5. The fraction of sp³-hybridized carbons (Fsp3) is 0.185. The lowest BCUT2D eigenvalue weighted by molar-refractivity contribution is 0.0318. The first-order valence-electron chi connectivity index (χ1n) is 10.6. The second-order valence-corrected chi connectivity index (χ2v) is 8.27. The van der Waals surface area contributed by atoms with Crippen molar-refractivity contribution in [1.29, 1.82) is 0 Å². The van der Waals surface area contributed by atoms with Crippen molar-refractivity contribution in [2.75, 3.05) is 4.90 Å². The summed E-state index contributed by atoms with van der Waals surface area (Å²) >= 11 is 0. The Kier molecular flexibility index (Phi) is 5.68. The molecule has 0 saturated heterocycles. The molecule has 1 aliphatic rings. The van der Waals surface area contributed by atoms with Crippen LogP contribution in [0.1, 0.15) is 65.0 Å². The number of fused-ring (bicyclic) bond motifs is 1. The molecule has 0 N–H and O–H groups in total. The van der Waals surface area contributed by atoms with Gasteiger partial charge in [0.05, 0.1) is 22.4 Å². The molecule has 3 aromatic carbocycles. The van der Waals surface area contributed by atoms with Gasteiger partial charge in [0.25, 0.3) is 11.8 Å². The lowest BCUT2D eigenvalue weighted by Crippen LogP contribution is -2.30. The Hall–Kier alpha value is -4.06. The van der Waals surface area contributed by atoms with Gasteiger partial charge in [0.2, 0.25) is 5.78 Å². The molecule has 2 amide bonds. The smallest absolute Gasteiger partial charge is 0.338 e. The molecule has 0 fully saturated rings. The minimum atomic E-state index is -1.00. The number of rotatable bonds is 5. The number of benzene rings is 3. The van der Waals surface area contributed by atoms with Crippen LogP contribution in [-0.4, -0.2) is 29.7 Å². The zero-order valence-electron chi connectivity index (χ0n) is 18.8. The van der Waals surface area contributed by atoms with Gasteiger partial charge in [0.1, 0.15) is 0 Å². The largest absolute Gasteiger partial charge is 0.451 e. The van der Waals surface area contributed by atoms with Crippen molar-refractivity contribution in [3.8, 4) is 0 Å². The number of hydrogen-bond acceptors (Lipinski definition) is 5. The number of carbonyl (C=O) groups excluding carboxylic acids is 4. The van der Waals surface area contributed by atoms with Crippen molar-refractivity contribution < 1.29 is 23.9 Å². The third-order valence-corrected chi connectivity index (χ3v) is 5.72. The number of nitrogens with zero attached hydrogens (tertiary/aromatic N) is 1. The van der Waals surface area contributed by atoms with E-state index in [4.69, 9.17) is 4.74 Å². The summed E-state index contributed by atoms with van der Waals surface area (Å²) in [6.07, 6.45) is -1.00. The number of hydrogen-bond donors (Lipinski definition) is 0. The maximum atomic E-state index is 13.1. The van der Waals surface area contributed by atoms with Crippen molar-refractivity contribution in [3.63, 3.8) is 0 Å². The van der Waals surface area contributed by atoms with E-state index in [1.807, 2.05) is 45.0 Å². The SMILES string of the molecule is Cc1ccc(C(=O)C(C)OC(=O)c2ccc3c(c2)C(=O)N(c2cc(C)ccc2C)C3=O)cc1. The van der Waals surface area contributed by atoms with E-state index in [9.17, 15) is 19.2 Å². The van der Waals surface area contributed by atoms with Crippen LogP contribution >= 0.6 is 0 Å². The van der Waals surface area contributed by atoms with Crippen LogP contribution in [0.4, 0.5) is 5.69 Å². The number of esters is 1. The number of aryl methyl sites for hydroxylation is 3. The van der Waals surface area contributed by atoms with Crippen molar-refractivity contribution in [3.05, 3.63) is 99.6 Å². The van der Waals surface area contributed by atoms with E-state index in [1.165, 1.54) is 25.1 Å². The average molecular weight is 441 g/mol. The van der Waals surface area contributed by atoms with Gasteiger partial charge in [-0.05, 0) is 63.1 Å². The van der Waals surface area contributed by atoms with Crippen molar-refractivity contribution >= 4 is 29.3 Å². The summed E-state index contributed by atoms with van der Waals surface area (Å²) < 4.78 is 5.35. The van der Waals surface area contributed by atoms with E-state index in [-0.39, 0.29) is 22.5 Å². The Morgan fingerprint density at radius 2 is 1.36 bits per heavy atom. The molecule has 166 valence electrons. The fourth-order valence-electron chi connectivity index (χ4n) is 3.78. The van der Waals surface area contributed by atoms with Crippen LogP contribution in [0.3, 0.4) is 0 Å². The first-order chi connectivity index (χ1) is 15.7. The number of Topliss-reactive ketones (excluding diaryl/α,β-unsaturated/α-hetero) is 1. The molecule has 4 rings (SSSR count). The summed E-state index contributed by atoms with van der Waals surface area (Å²) in [5.41, 5.74) is 4.14. The molecule has 1 heterocycles. The Bertz CT molecular complexity index is 1310. The van der Waals surface area contributed by atoms with Crippen molar-refractivity contribution in [2.45, 2.75) is 33.8 Å². The van der Waals surface area contributed by atoms with Crippen LogP contribution in [0.25, 0.3) is 0 Å². The highest BCUT2D eigenvalue weighted by Gasteiger charge is 2.38. The maximum absolute atomic E-state index is 13.1. The predicted octanol–water partition coefficient (Wildman–Crippen LogP) is 4.84. The normalized spacial score (nSPS) is 13.6.